The molecular weight excluding hydrogens is 318 g/mol. The number of carbonyl (C=O) groups excluding carboxylic acids is 1. The Morgan fingerprint density at radius 2 is 1.75 bits per heavy atom. The highest BCUT2D eigenvalue weighted by molar-refractivity contribution is 8.15. The van der Waals surface area contributed by atoms with E-state index < -0.39 is 0 Å². The number of rotatable bonds is 3. The number of pyridine rings is 1. The first-order chi connectivity index (χ1) is 11.8. The number of nitrogens with zero attached hydrogens (tertiary/aromatic N) is 3. The fraction of sp³-hybridized carbons (Fsp3) is 0.105. The van der Waals surface area contributed by atoms with Crippen molar-refractivity contribution in [2.75, 3.05) is 17.2 Å². The zero-order valence-corrected chi connectivity index (χ0v) is 13.8. The number of benzene rings is 2. The predicted octanol–water partition coefficient (Wildman–Crippen LogP) is 4.01. The Bertz CT molecular complexity index is 942. The van der Waals surface area contributed by atoms with E-state index in [4.69, 9.17) is 4.98 Å². The van der Waals surface area contributed by atoms with Crippen molar-refractivity contribution < 1.29 is 4.79 Å². The van der Waals surface area contributed by atoms with E-state index in [9.17, 15) is 4.79 Å². The van der Waals surface area contributed by atoms with Crippen molar-refractivity contribution in [3.8, 4) is 0 Å². The normalized spacial score (nSPS) is 16.4. The van der Waals surface area contributed by atoms with Crippen LogP contribution in [0.2, 0.25) is 0 Å². The molecule has 1 saturated heterocycles. The molecule has 2 heterocycles. The third-order valence-electron chi connectivity index (χ3n) is 3.90. The van der Waals surface area contributed by atoms with Crippen LogP contribution in [0, 0.1) is 0 Å². The van der Waals surface area contributed by atoms with Crippen LogP contribution in [0.25, 0.3) is 21.8 Å². The van der Waals surface area contributed by atoms with Crippen LogP contribution in [0.1, 0.15) is 0 Å². The van der Waals surface area contributed by atoms with Crippen molar-refractivity contribution in [1.29, 1.82) is 0 Å². The van der Waals surface area contributed by atoms with E-state index in [2.05, 4.69) is 11.6 Å². The van der Waals surface area contributed by atoms with E-state index >= 15 is 0 Å². The minimum absolute atomic E-state index is 0.0457. The second-order valence-electron chi connectivity index (χ2n) is 5.42. The molecule has 1 aromatic heterocycles. The van der Waals surface area contributed by atoms with Gasteiger partial charge in [-0.3, -0.25) is 14.7 Å². The molecule has 5 heteroatoms. The average Bonchev–Trinajstić information content (AvgIpc) is 2.98. The van der Waals surface area contributed by atoms with Crippen molar-refractivity contribution in [2.45, 2.75) is 0 Å². The van der Waals surface area contributed by atoms with Crippen LogP contribution >= 0.6 is 11.8 Å². The molecule has 0 aliphatic carbocycles. The van der Waals surface area contributed by atoms with Gasteiger partial charge in [0.1, 0.15) is 0 Å². The maximum atomic E-state index is 12.6. The van der Waals surface area contributed by atoms with Gasteiger partial charge in [-0.15, -0.1) is 6.58 Å². The van der Waals surface area contributed by atoms with Gasteiger partial charge in [0.2, 0.25) is 5.91 Å². The molecule has 118 valence electrons. The molecule has 4 nitrogen and oxygen atoms in total. The third kappa shape index (κ3) is 2.37. The van der Waals surface area contributed by atoms with E-state index in [1.165, 1.54) is 11.8 Å². The van der Waals surface area contributed by atoms with Crippen molar-refractivity contribution >= 4 is 50.3 Å². The highest BCUT2D eigenvalue weighted by Gasteiger charge is 2.32. The van der Waals surface area contributed by atoms with Crippen LogP contribution in [0.15, 0.2) is 66.2 Å². The molecule has 0 atom stereocenters. The summed E-state index contributed by atoms with van der Waals surface area (Å²) in [5, 5.41) is 2.64. The Labute approximate surface area is 143 Å². The molecule has 1 amide bonds. The number of amidine groups is 1. The second-order valence-corrected chi connectivity index (χ2v) is 6.37. The van der Waals surface area contributed by atoms with Gasteiger partial charge >= 0.3 is 0 Å². The van der Waals surface area contributed by atoms with Crippen LogP contribution in [0.3, 0.4) is 0 Å². The van der Waals surface area contributed by atoms with Gasteiger partial charge in [0.15, 0.2) is 5.17 Å². The number of fused-ring (bicyclic) bond motifs is 2. The van der Waals surface area contributed by atoms with Crippen LogP contribution in [-0.4, -0.2) is 28.4 Å². The topological polar surface area (TPSA) is 45.6 Å². The molecule has 0 saturated carbocycles. The first kappa shape index (κ1) is 14.9. The monoisotopic (exact) mass is 333 g/mol. The number of aliphatic imine (C=N–C) groups is 1. The van der Waals surface area contributed by atoms with E-state index in [1.807, 2.05) is 48.5 Å². The molecule has 0 radical (unpaired) electrons. The molecule has 3 aromatic rings. The molecule has 0 bridgehead atoms. The predicted molar refractivity (Wildman–Crippen MR) is 102 cm³/mol. The summed E-state index contributed by atoms with van der Waals surface area (Å²) in [5.74, 6) is 0.449. The maximum Gasteiger partial charge on any atom is 0.243 e. The molecule has 1 aliphatic rings. The molecule has 0 N–H and O–H groups in total. The number of para-hydroxylation sites is 2. The lowest BCUT2D eigenvalue weighted by atomic mass is 10.1. The number of hydrogen-bond acceptors (Lipinski definition) is 4. The first-order valence-corrected chi connectivity index (χ1v) is 8.67. The van der Waals surface area contributed by atoms with E-state index in [0.717, 1.165) is 32.7 Å². The molecule has 0 unspecified atom stereocenters. The van der Waals surface area contributed by atoms with Crippen molar-refractivity contribution in [3.63, 3.8) is 0 Å². The molecule has 2 aromatic carbocycles. The molecule has 0 spiro atoms. The highest BCUT2D eigenvalue weighted by Crippen LogP contribution is 2.37. The summed E-state index contributed by atoms with van der Waals surface area (Å²) in [6.07, 6.45) is 1.73. The van der Waals surface area contributed by atoms with E-state index in [0.29, 0.717) is 12.3 Å². The fourth-order valence-corrected chi connectivity index (χ4v) is 3.77. The van der Waals surface area contributed by atoms with Crippen molar-refractivity contribution in [3.05, 3.63) is 61.2 Å². The SMILES string of the molecule is C=CCN=C1SCC(=O)N1c1c2ccccc2nc2ccccc12. The van der Waals surface area contributed by atoms with Gasteiger partial charge in [-0.1, -0.05) is 54.2 Å². The van der Waals surface area contributed by atoms with Crippen LogP contribution in [0.4, 0.5) is 5.69 Å². The summed E-state index contributed by atoms with van der Waals surface area (Å²) in [6.45, 7) is 4.20. The molecular formula is C19H15N3OS. The summed E-state index contributed by atoms with van der Waals surface area (Å²) in [5.41, 5.74) is 2.62. The minimum atomic E-state index is 0.0457. The Morgan fingerprint density at radius 3 is 2.38 bits per heavy atom. The summed E-state index contributed by atoms with van der Waals surface area (Å²) < 4.78 is 0. The van der Waals surface area contributed by atoms with Gasteiger partial charge < -0.3 is 0 Å². The summed E-state index contributed by atoms with van der Waals surface area (Å²) >= 11 is 1.47. The molecule has 4 rings (SSSR count). The van der Waals surface area contributed by atoms with Gasteiger partial charge in [-0.25, -0.2) is 4.98 Å². The average molecular weight is 333 g/mol. The van der Waals surface area contributed by atoms with Gasteiger partial charge in [0, 0.05) is 10.8 Å². The van der Waals surface area contributed by atoms with E-state index in [-0.39, 0.29) is 5.91 Å². The van der Waals surface area contributed by atoms with Crippen LogP contribution in [0.5, 0.6) is 0 Å². The number of thioether (sulfide) groups is 1. The summed E-state index contributed by atoms with van der Waals surface area (Å²) in [4.78, 5) is 23.6. The molecule has 1 aliphatic heterocycles. The Morgan fingerprint density at radius 1 is 1.12 bits per heavy atom. The number of carbonyl (C=O) groups is 1. The lowest BCUT2D eigenvalue weighted by Gasteiger charge is -2.20. The second kappa shape index (κ2) is 6.09. The zero-order valence-electron chi connectivity index (χ0n) is 13.0. The first-order valence-electron chi connectivity index (χ1n) is 7.68. The minimum Gasteiger partial charge on any atom is -0.273 e. The van der Waals surface area contributed by atoms with Gasteiger partial charge in [-0.05, 0) is 12.1 Å². The molecule has 1 fully saturated rings. The van der Waals surface area contributed by atoms with Crippen molar-refractivity contribution in [2.24, 2.45) is 4.99 Å². The van der Waals surface area contributed by atoms with Gasteiger partial charge in [0.05, 0.1) is 29.0 Å². The summed E-state index contributed by atoms with van der Waals surface area (Å²) in [6, 6.07) is 15.8. The Kier molecular flexibility index (Phi) is 3.78. The third-order valence-corrected chi connectivity index (χ3v) is 4.87. The highest BCUT2D eigenvalue weighted by atomic mass is 32.2. The number of anilines is 1. The standard InChI is InChI=1S/C19H15N3OS/c1-2-11-20-19-22(17(23)12-24-19)18-13-7-3-5-9-15(13)21-16-10-6-4-8-14(16)18/h2-10H,1,11-12H2. The van der Waals surface area contributed by atoms with Gasteiger partial charge in [0.25, 0.3) is 0 Å². The fourth-order valence-electron chi connectivity index (χ4n) is 2.90. The molecule has 24 heavy (non-hydrogen) atoms. The number of hydrogen-bond donors (Lipinski definition) is 0. The quantitative estimate of drug-likeness (QED) is 0.537. The van der Waals surface area contributed by atoms with E-state index in [1.54, 1.807) is 11.0 Å². The lowest BCUT2D eigenvalue weighted by Crippen LogP contribution is -2.30. The Balaban J connectivity index is 2.06. The summed E-state index contributed by atoms with van der Waals surface area (Å²) in [7, 11) is 0. The number of amides is 1. The van der Waals surface area contributed by atoms with Crippen LogP contribution < -0.4 is 4.90 Å². The largest absolute Gasteiger partial charge is 0.273 e. The van der Waals surface area contributed by atoms with Crippen LogP contribution in [-0.2, 0) is 4.79 Å². The lowest BCUT2D eigenvalue weighted by molar-refractivity contribution is -0.115. The smallest absolute Gasteiger partial charge is 0.243 e. The Hall–Kier alpha value is -2.66. The number of aromatic nitrogens is 1. The van der Waals surface area contributed by atoms with Crippen molar-refractivity contribution in [1.82, 2.24) is 4.98 Å². The van der Waals surface area contributed by atoms with Gasteiger partial charge in [-0.2, -0.15) is 0 Å². The maximum absolute atomic E-state index is 12.6. The zero-order chi connectivity index (χ0) is 16.5.